The van der Waals surface area contributed by atoms with Crippen LogP contribution in [0.25, 0.3) is 11.5 Å². The Balaban J connectivity index is 1.40. The molecule has 1 aromatic carbocycles. The fourth-order valence-electron chi connectivity index (χ4n) is 4.46. The standard InChI is InChI=1S/C29H30F3N5O5/c1-2-3-8-20(28(40)41)17-23(38)37-14-7-13-36(15-16-37)22-12-11-21(18-33-22)34-26(39)24-25(29(30,31)32)42-27(35-24)19-9-5-4-6-10-19/h3-6,8-12,18,20H,2,7,13-17H2,1H3,(H,34,39)(H,40,41)/b8-3+. The number of carboxylic acid groups (broad SMARTS) is 1. The Bertz CT molecular complexity index is 1420. The summed E-state index contributed by atoms with van der Waals surface area (Å²) >= 11 is 0. The number of allylic oxidation sites excluding steroid dienone is 1. The number of halogens is 3. The van der Waals surface area contributed by atoms with Gasteiger partial charge in [0.2, 0.25) is 17.6 Å². The highest BCUT2D eigenvalue weighted by Gasteiger charge is 2.42. The zero-order valence-electron chi connectivity index (χ0n) is 22.8. The summed E-state index contributed by atoms with van der Waals surface area (Å²) in [6, 6.07) is 11.1. The first-order chi connectivity index (χ1) is 20.1. The number of hydrogen-bond donors (Lipinski definition) is 2. The molecule has 222 valence electrons. The minimum Gasteiger partial charge on any atom is -0.481 e. The number of carbonyl (C=O) groups is 3. The highest BCUT2D eigenvalue weighted by atomic mass is 19.4. The zero-order chi connectivity index (χ0) is 30.3. The van der Waals surface area contributed by atoms with Crippen molar-refractivity contribution in [1.82, 2.24) is 14.9 Å². The van der Waals surface area contributed by atoms with Gasteiger partial charge in [-0.2, -0.15) is 13.2 Å². The molecule has 2 amide bonds. The Morgan fingerprint density at radius 1 is 1.10 bits per heavy atom. The van der Waals surface area contributed by atoms with Crippen LogP contribution in [0.5, 0.6) is 0 Å². The number of nitrogens with one attached hydrogen (secondary N) is 1. The Morgan fingerprint density at radius 3 is 2.50 bits per heavy atom. The fraction of sp³-hybridized carbons (Fsp3) is 0.345. The molecule has 3 aromatic rings. The number of amides is 2. The number of rotatable bonds is 9. The summed E-state index contributed by atoms with van der Waals surface area (Å²) in [5, 5.41) is 11.8. The van der Waals surface area contributed by atoms with Crippen LogP contribution in [0.3, 0.4) is 0 Å². The molecule has 13 heteroatoms. The van der Waals surface area contributed by atoms with Gasteiger partial charge in [-0.25, -0.2) is 9.97 Å². The molecular weight excluding hydrogens is 555 g/mol. The van der Waals surface area contributed by atoms with Gasteiger partial charge in [0.1, 0.15) is 5.82 Å². The molecule has 0 radical (unpaired) electrons. The normalized spacial score (nSPS) is 15.0. The largest absolute Gasteiger partial charge is 0.481 e. The van der Waals surface area contributed by atoms with E-state index in [-0.39, 0.29) is 23.9 Å². The molecule has 10 nitrogen and oxygen atoms in total. The quantitative estimate of drug-likeness (QED) is 0.332. The van der Waals surface area contributed by atoms with Crippen molar-refractivity contribution in [3.05, 3.63) is 72.3 Å². The first kappa shape index (κ1) is 30.3. The van der Waals surface area contributed by atoms with Crippen LogP contribution >= 0.6 is 0 Å². The van der Waals surface area contributed by atoms with Crippen LogP contribution in [0.4, 0.5) is 24.7 Å². The molecule has 4 rings (SSSR count). The minimum atomic E-state index is -4.93. The number of alkyl halides is 3. The van der Waals surface area contributed by atoms with E-state index < -0.39 is 35.4 Å². The third kappa shape index (κ3) is 7.53. The van der Waals surface area contributed by atoms with Crippen molar-refractivity contribution in [1.29, 1.82) is 0 Å². The van der Waals surface area contributed by atoms with Gasteiger partial charge in [-0.15, -0.1) is 0 Å². The fourth-order valence-corrected chi connectivity index (χ4v) is 4.46. The van der Waals surface area contributed by atoms with Crippen LogP contribution in [0, 0.1) is 5.92 Å². The maximum absolute atomic E-state index is 13.6. The second kappa shape index (κ2) is 13.3. The maximum Gasteiger partial charge on any atom is 0.452 e. The lowest BCUT2D eigenvalue weighted by Gasteiger charge is -2.23. The first-order valence-corrected chi connectivity index (χ1v) is 13.4. The predicted octanol–water partition coefficient (Wildman–Crippen LogP) is 5.10. The van der Waals surface area contributed by atoms with E-state index in [1.807, 2.05) is 11.8 Å². The summed E-state index contributed by atoms with van der Waals surface area (Å²) < 4.78 is 45.8. The molecule has 3 heterocycles. The molecule has 2 aromatic heterocycles. The summed E-state index contributed by atoms with van der Waals surface area (Å²) in [7, 11) is 0. The van der Waals surface area contributed by atoms with Crippen LogP contribution in [-0.4, -0.2) is 63.9 Å². The van der Waals surface area contributed by atoms with Gasteiger partial charge in [0.15, 0.2) is 5.69 Å². The van der Waals surface area contributed by atoms with Crippen molar-refractivity contribution in [2.24, 2.45) is 5.92 Å². The number of pyridine rings is 1. The van der Waals surface area contributed by atoms with E-state index in [0.717, 1.165) is 0 Å². The summed E-state index contributed by atoms with van der Waals surface area (Å²) in [6.45, 7) is 3.76. The molecular formula is C29H30F3N5O5. The van der Waals surface area contributed by atoms with Crippen LogP contribution in [0.2, 0.25) is 0 Å². The third-order valence-corrected chi connectivity index (χ3v) is 6.61. The van der Waals surface area contributed by atoms with E-state index >= 15 is 0 Å². The van der Waals surface area contributed by atoms with Crippen molar-refractivity contribution >= 4 is 29.3 Å². The van der Waals surface area contributed by atoms with Crippen molar-refractivity contribution in [3.63, 3.8) is 0 Å². The Kier molecular flexibility index (Phi) is 9.60. The van der Waals surface area contributed by atoms with Crippen LogP contribution in [0.15, 0.2) is 65.2 Å². The highest BCUT2D eigenvalue weighted by Crippen LogP contribution is 2.35. The van der Waals surface area contributed by atoms with Crippen LogP contribution in [-0.2, 0) is 15.8 Å². The second-order valence-corrected chi connectivity index (χ2v) is 9.63. The zero-order valence-corrected chi connectivity index (χ0v) is 22.8. The molecule has 1 fully saturated rings. The Labute approximate surface area is 239 Å². The molecule has 2 N–H and O–H groups in total. The molecule has 42 heavy (non-hydrogen) atoms. The van der Waals surface area contributed by atoms with E-state index in [9.17, 15) is 32.7 Å². The number of nitrogens with zero attached hydrogens (tertiary/aromatic N) is 4. The van der Waals surface area contributed by atoms with Crippen LogP contribution in [0.1, 0.15) is 42.4 Å². The summed E-state index contributed by atoms with van der Waals surface area (Å²) in [4.78, 5) is 48.8. The van der Waals surface area contributed by atoms with Gasteiger partial charge < -0.3 is 24.6 Å². The molecule has 1 atom stereocenters. The maximum atomic E-state index is 13.6. The lowest BCUT2D eigenvalue weighted by molar-refractivity contribution is -0.153. The third-order valence-electron chi connectivity index (χ3n) is 6.61. The van der Waals surface area contributed by atoms with E-state index in [1.165, 1.54) is 24.4 Å². The first-order valence-electron chi connectivity index (χ1n) is 13.4. The molecule has 1 aliphatic heterocycles. The second-order valence-electron chi connectivity index (χ2n) is 9.63. The molecule has 1 aliphatic rings. The van der Waals surface area contributed by atoms with Crippen molar-refractivity contribution in [2.45, 2.75) is 32.4 Å². The smallest absolute Gasteiger partial charge is 0.452 e. The number of hydrogen-bond acceptors (Lipinski definition) is 7. The topological polar surface area (TPSA) is 129 Å². The number of oxazole rings is 1. The molecule has 1 unspecified atom stereocenters. The number of benzene rings is 1. The average Bonchev–Trinajstić information content (AvgIpc) is 3.29. The molecule has 0 bridgehead atoms. The summed E-state index contributed by atoms with van der Waals surface area (Å²) in [6.07, 6.45) is 0.857. The summed E-state index contributed by atoms with van der Waals surface area (Å²) in [5.41, 5.74) is -0.438. The van der Waals surface area contributed by atoms with E-state index in [4.69, 9.17) is 4.42 Å². The van der Waals surface area contributed by atoms with Crippen molar-refractivity contribution in [2.75, 3.05) is 36.4 Å². The summed E-state index contributed by atoms with van der Waals surface area (Å²) in [5.74, 6) is -4.53. The molecule has 0 spiro atoms. The van der Waals surface area contributed by atoms with Gasteiger partial charge >= 0.3 is 12.1 Å². The van der Waals surface area contributed by atoms with Gasteiger partial charge in [0, 0.05) is 38.2 Å². The molecule has 1 saturated heterocycles. The predicted molar refractivity (Wildman–Crippen MR) is 148 cm³/mol. The molecule has 0 aliphatic carbocycles. The Hall–Kier alpha value is -4.68. The van der Waals surface area contributed by atoms with Gasteiger partial charge in [0.05, 0.1) is 17.8 Å². The highest BCUT2D eigenvalue weighted by molar-refractivity contribution is 6.04. The van der Waals surface area contributed by atoms with Gasteiger partial charge in [0.25, 0.3) is 5.91 Å². The number of aliphatic carboxylic acids is 1. The van der Waals surface area contributed by atoms with Crippen molar-refractivity contribution in [3.8, 4) is 11.5 Å². The number of carbonyl (C=O) groups excluding carboxylic acids is 2. The van der Waals surface area contributed by atoms with Gasteiger partial charge in [-0.05, 0) is 37.1 Å². The Morgan fingerprint density at radius 2 is 1.86 bits per heavy atom. The van der Waals surface area contributed by atoms with Gasteiger partial charge in [-0.3, -0.25) is 14.4 Å². The minimum absolute atomic E-state index is 0.118. The van der Waals surface area contributed by atoms with Crippen molar-refractivity contribution < 1.29 is 37.1 Å². The van der Waals surface area contributed by atoms with E-state index in [0.29, 0.717) is 50.4 Å². The monoisotopic (exact) mass is 585 g/mol. The van der Waals surface area contributed by atoms with E-state index in [2.05, 4.69) is 15.3 Å². The number of aromatic nitrogens is 2. The van der Waals surface area contributed by atoms with Gasteiger partial charge in [-0.1, -0.05) is 37.3 Å². The average molecular weight is 586 g/mol. The van der Waals surface area contributed by atoms with E-state index in [1.54, 1.807) is 41.3 Å². The number of anilines is 2. The lowest BCUT2D eigenvalue weighted by atomic mass is 10.0. The van der Waals surface area contributed by atoms with Crippen LogP contribution < -0.4 is 10.2 Å². The lowest BCUT2D eigenvalue weighted by Crippen LogP contribution is -2.36. The molecule has 0 saturated carbocycles. The number of carboxylic acids is 1. The SMILES string of the molecule is CC/C=C/C(CC(=O)N1CCCN(c2ccc(NC(=O)c3nc(-c4ccccc4)oc3C(F)(F)F)cn2)CC1)C(=O)O.